The van der Waals surface area contributed by atoms with Crippen molar-refractivity contribution in [3.05, 3.63) is 32.5 Å². The topological polar surface area (TPSA) is 91.1 Å². The van der Waals surface area contributed by atoms with Crippen LogP contribution in [-0.4, -0.2) is 40.8 Å². The smallest absolute Gasteiger partial charge is 0.327 e. The lowest BCUT2D eigenvalue weighted by atomic mass is 10.1. The van der Waals surface area contributed by atoms with E-state index in [4.69, 9.17) is 4.74 Å². The fourth-order valence-electron chi connectivity index (χ4n) is 3.29. The van der Waals surface area contributed by atoms with Gasteiger partial charge in [-0.05, 0) is 50.2 Å². The Bertz CT molecular complexity index is 860. The second-order valence-electron chi connectivity index (χ2n) is 6.90. The first-order valence-corrected chi connectivity index (χ1v) is 8.60. The van der Waals surface area contributed by atoms with Crippen LogP contribution in [0.3, 0.4) is 0 Å². The second-order valence-corrected chi connectivity index (χ2v) is 6.90. The van der Waals surface area contributed by atoms with Gasteiger partial charge in [-0.3, -0.25) is 14.8 Å². The van der Waals surface area contributed by atoms with Crippen LogP contribution in [0.2, 0.25) is 0 Å². The van der Waals surface area contributed by atoms with Crippen LogP contribution >= 0.6 is 0 Å². The molecule has 1 saturated heterocycles. The molecule has 128 valence electrons. The van der Waals surface area contributed by atoms with Crippen molar-refractivity contribution < 1.29 is 4.74 Å². The summed E-state index contributed by atoms with van der Waals surface area (Å²) in [6, 6.07) is 1.79. The van der Waals surface area contributed by atoms with E-state index >= 15 is 0 Å². The normalized spacial score (nSPS) is 19.1. The molecule has 4 rings (SSSR count). The Labute approximate surface area is 139 Å². The highest BCUT2D eigenvalue weighted by Gasteiger charge is 2.26. The fraction of sp³-hybridized carbons (Fsp3) is 0.588. The molecule has 0 radical (unpaired) electrons. The average molecular weight is 330 g/mol. The molecule has 2 aromatic heterocycles. The number of aromatic amines is 2. The number of rotatable bonds is 4. The second kappa shape index (κ2) is 6.05. The van der Waals surface area contributed by atoms with E-state index < -0.39 is 11.2 Å². The van der Waals surface area contributed by atoms with Gasteiger partial charge in [0.2, 0.25) is 0 Å². The molecule has 2 aliphatic rings. The maximum Gasteiger partial charge on any atom is 0.327 e. The largest absolute Gasteiger partial charge is 0.378 e. The van der Waals surface area contributed by atoms with Crippen molar-refractivity contribution in [2.24, 2.45) is 5.92 Å². The summed E-state index contributed by atoms with van der Waals surface area (Å²) in [5.74, 6) is 1.63. The van der Waals surface area contributed by atoms with Gasteiger partial charge in [0.25, 0.3) is 5.56 Å². The predicted molar refractivity (Wildman–Crippen MR) is 91.6 cm³/mol. The Morgan fingerprint density at radius 3 is 2.67 bits per heavy atom. The Morgan fingerprint density at radius 1 is 1.21 bits per heavy atom. The van der Waals surface area contributed by atoms with Crippen molar-refractivity contribution in [3.8, 4) is 0 Å². The number of ether oxygens (including phenoxy) is 1. The van der Waals surface area contributed by atoms with Gasteiger partial charge in [0, 0.05) is 19.7 Å². The Kier molecular flexibility index (Phi) is 3.88. The lowest BCUT2D eigenvalue weighted by Gasteiger charge is -2.33. The summed E-state index contributed by atoms with van der Waals surface area (Å²) in [5.41, 5.74) is 0.360. The molecular formula is C17H22N4O3. The van der Waals surface area contributed by atoms with Gasteiger partial charge in [0.05, 0.1) is 11.5 Å². The van der Waals surface area contributed by atoms with Gasteiger partial charge in [-0.25, -0.2) is 9.78 Å². The van der Waals surface area contributed by atoms with E-state index in [1.54, 1.807) is 6.07 Å². The number of hydrogen-bond donors (Lipinski definition) is 2. The number of piperidine rings is 1. The first kappa shape index (κ1) is 15.4. The lowest BCUT2D eigenvalue weighted by molar-refractivity contribution is 0.0304. The Hall–Kier alpha value is -2.15. The van der Waals surface area contributed by atoms with E-state index in [1.165, 1.54) is 12.8 Å². The van der Waals surface area contributed by atoms with Gasteiger partial charge in [0.1, 0.15) is 11.5 Å². The number of nitrogens with zero attached hydrogens (tertiary/aromatic N) is 2. The number of aryl methyl sites for hydroxylation is 1. The van der Waals surface area contributed by atoms with Gasteiger partial charge in [-0.15, -0.1) is 0 Å². The predicted octanol–water partition coefficient (Wildman–Crippen LogP) is 1.32. The molecule has 1 aliphatic carbocycles. The molecule has 1 saturated carbocycles. The van der Waals surface area contributed by atoms with Gasteiger partial charge in [-0.2, -0.15) is 0 Å². The molecule has 3 heterocycles. The zero-order chi connectivity index (χ0) is 16.7. The third-order valence-corrected chi connectivity index (χ3v) is 4.90. The number of nitrogens with one attached hydrogen (secondary N) is 2. The van der Waals surface area contributed by atoms with Gasteiger partial charge < -0.3 is 9.64 Å². The Balaban J connectivity index is 1.52. The summed E-state index contributed by atoms with van der Waals surface area (Å²) in [7, 11) is 0. The number of H-pyrrole nitrogens is 2. The molecule has 0 aromatic carbocycles. The minimum atomic E-state index is -0.526. The molecule has 1 aliphatic heterocycles. The summed E-state index contributed by atoms with van der Waals surface area (Å²) in [5, 5.41) is 0.415. The highest BCUT2D eigenvalue weighted by atomic mass is 16.5. The molecule has 0 amide bonds. The van der Waals surface area contributed by atoms with Crippen molar-refractivity contribution >= 4 is 16.9 Å². The number of anilines is 1. The van der Waals surface area contributed by atoms with E-state index in [9.17, 15) is 9.59 Å². The third kappa shape index (κ3) is 3.08. The molecule has 0 bridgehead atoms. The minimum Gasteiger partial charge on any atom is -0.378 e. The van der Waals surface area contributed by atoms with Crippen LogP contribution in [0, 0.1) is 12.8 Å². The number of hydrogen-bond acceptors (Lipinski definition) is 5. The van der Waals surface area contributed by atoms with Crippen molar-refractivity contribution in [1.29, 1.82) is 0 Å². The molecule has 0 atom stereocenters. The van der Waals surface area contributed by atoms with E-state index in [-0.39, 0.29) is 0 Å². The minimum absolute atomic E-state index is 0.338. The van der Waals surface area contributed by atoms with Gasteiger partial charge in [0.15, 0.2) is 0 Å². The van der Waals surface area contributed by atoms with Crippen molar-refractivity contribution in [3.63, 3.8) is 0 Å². The molecular weight excluding hydrogens is 308 g/mol. The summed E-state index contributed by atoms with van der Waals surface area (Å²) in [6.07, 6.45) is 4.94. The van der Waals surface area contributed by atoms with E-state index in [0.29, 0.717) is 17.1 Å². The average Bonchev–Trinajstić information content (AvgIpc) is 3.38. The first-order valence-electron chi connectivity index (χ1n) is 8.60. The molecule has 2 fully saturated rings. The number of aromatic nitrogens is 3. The Morgan fingerprint density at radius 2 is 1.96 bits per heavy atom. The lowest BCUT2D eigenvalue weighted by Crippen LogP contribution is -2.38. The van der Waals surface area contributed by atoms with Crippen LogP contribution in [0.1, 0.15) is 31.2 Å². The van der Waals surface area contributed by atoms with Crippen LogP contribution in [0.5, 0.6) is 0 Å². The van der Waals surface area contributed by atoms with Crippen molar-refractivity contribution in [2.45, 2.75) is 38.7 Å². The first-order chi connectivity index (χ1) is 11.6. The van der Waals surface area contributed by atoms with Crippen molar-refractivity contribution in [1.82, 2.24) is 15.0 Å². The highest BCUT2D eigenvalue weighted by molar-refractivity contribution is 5.77. The van der Waals surface area contributed by atoms with E-state index in [2.05, 4.69) is 19.9 Å². The van der Waals surface area contributed by atoms with Crippen LogP contribution in [0.15, 0.2) is 15.7 Å². The maximum atomic E-state index is 11.9. The SMILES string of the molecule is Cc1cc2c(=O)[nH]c(=O)[nH]c2nc1N1CCC(OCC2CC2)CC1. The molecule has 2 N–H and O–H groups in total. The van der Waals surface area contributed by atoms with E-state index in [1.807, 2.05) is 6.92 Å². The highest BCUT2D eigenvalue weighted by Crippen LogP contribution is 2.30. The monoisotopic (exact) mass is 330 g/mol. The summed E-state index contributed by atoms with van der Waals surface area (Å²) >= 11 is 0. The van der Waals surface area contributed by atoms with E-state index in [0.717, 1.165) is 49.8 Å². The summed E-state index contributed by atoms with van der Waals surface area (Å²) < 4.78 is 5.98. The molecule has 0 spiro atoms. The zero-order valence-corrected chi connectivity index (χ0v) is 13.8. The number of pyridine rings is 1. The van der Waals surface area contributed by atoms with Crippen LogP contribution in [0.25, 0.3) is 11.0 Å². The molecule has 7 nitrogen and oxygen atoms in total. The quantitative estimate of drug-likeness (QED) is 0.882. The standard InChI is InChI=1S/C17H22N4O3/c1-10-8-13-14(19-17(23)20-16(13)22)18-15(10)21-6-4-12(5-7-21)24-9-11-2-3-11/h8,11-12H,2-7,9H2,1H3,(H2,18,19,20,22,23). The van der Waals surface area contributed by atoms with Gasteiger partial charge in [-0.1, -0.05) is 0 Å². The fourth-order valence-corrected chi connectivity index (χ4v) is 3.29. The van der Waals surface area contributed by atoms with Crippen LogP contribution in [0.4, 0.5) is 5.82 Å². The molecule has 24 heavy (non-hydrogen) atoms. The summed E-state index contributed by atoms with van der Waals surface area (Å²) in [4.78, 5) is 34.9. The number of fused-ring (bicyclic) bond motifs is 1. The molecule has 2 aromatic rings. The van der Waals surface area contributed by atoms with Crippen LogP contribution in [-0.2, 0) is 4.74 Å². The molecule has 7 heteroatoms. The van der Waals surface area contributed by atoms with Gasteiger partial charge >= 0.3 is 5.69 Å². The van der Waals surface area contributed by atoms with Crippen LogP contribution < -0.4 is 16.1 Å². The zero-order valence-electron chi connectivity index (χ0n) is 13.8. The maximum absolute atomic E-state index is 11.9. The molecule has 0 unspecified atom stereocenters. The van der Waals surface area contributed by atoms with Crippen molar-refractivity contribution in [2.75, 3.05) is 24.6 Å². The third-order valence-electron chi connectivity index (χ3n) is 4.90. The summed E-state index contributed by atoms with van der Waals surface area (Å²) in [6.45, 7) is 4.61.